The first-order chi connectivity index (χ1) is 9.53. The molecule has 0 aliphatic rings. The van der Waals surface area contributed by atoms with Gasteiger partial charge in [-0.25, -0.2) is 4.79 Å². The number of aromatic nitrogens is 1. The third kappa shape index (κ3) is 4.70. The number of nitrogens with zero attached hydrogens (tertiary/aromatic N) is 1. The van der Waals surface area contributed by atoms with Crippen molar-refractivity contribution in [2.75, 3.05) is 5.73 Å². The smallest absolute Gasteiger partial charge is 0.342 e. The van der Waals surface area contributed by atoms with Crippen LogP contribution in [0.3, 0.4) is 0 Å². The van der Waals surface area contributed by atoms with E-state index in [4.69, 9.17) is 10.5 Å². The molecule has 3 N–H and O–H groups in total. The molecule has 1 heterocycles. The summed E-state index contributed by atoms with van der Waals surface area (Å²) in [7, 11) is 0. The fourth-order valence-electron chi connectivity index (χ4n) is 2.03. The van der Waals surface area contributed by atoms with Gasteiger partial charge in [0.25, 0.3) is 0 Å². The number of carbonyl (C=O) groups is 1. The number of anilines is 1. The molecule has 1 aromatic heterocycles. The second kappa shape index (κ2) is 6.43. The van der Waals surface area contributed by atoms with Crippen LogP contribution < -0.4 is 5.73 Å². The zero-order valence-corrected chi connectivity index (χ0v) is 13.7. The molecule has 1 unspecified atom stereocenters. The molecule has 0 radical (unpaired) electrons. The molecule has 1 atom stereocenters. The van der Waals surface area contributed by atoms with Crippen molar-refractivity contribution in [2.45, 2.75) is 59.7 Å². The van der Waals surface area contributed by atoms with E-state index in [1.165, 1.54) is 6.20 Å². The molecule has 1 rings (SSSR count). The second-order valence-corrected chi connectivity index (χ2v) is 6.74. The lowest BCUT2D eigenvalue weighted by Gasteiger charge is -2.21. The minimum atomic E-state index is -0.681. The fraction of sp³-hybridized carbons (Fsp3) is 0.625. The van der Waals surface area contributed by atoms with Crippen molar-refractivity contribution >= 4 is 11.7 Å². The van der Waals surface area contributed by atoms with Crippen molar-refractivity contribution in [3.8, 4) is 0 Å². The highest BCUT2D eigenvalue weighted by Crippen LogP contribution is 2.28. The summed E-state index contributed by atoms with van der Waals surface area (Å²) in [5.74, 6) is -0.159. The van der Waals surface area contributed by atoms with Gasteiger partial charge in [0.05, 0.1) is 17.5 Å². The molecule has 0 amide bonds. The first kappa shape index (κ1) is 17.4. The van der Waals surface area contributed by atoms with Gasteiger partial charge in [0.15, 0.2) is 0 Å². The Morgan fingerprint density at radius 3 is 2.48 bits per heavy atom. The third-order valence-electron chi connectivity index (χ3n) is 3.04. The zero-order valence-electron chi connectivity index (χ0n) is 13.7. The average Bonchev–Trinajstić information content (AvgIpc) is 2.28. The number of ether oxygens (including phenoxy) is 1. The molecule has 0 aromatic carbocycles. The van der Waals surface area contributed by atoms with Crippen LogP contribution in [0.5, 0.6) is 0 Å². The molecule has 0 fully saturated rings. The maximum atomic E-state index is 12.1. The van der Waals surface area contributed by atoms with E-state index in [1.807, 2.05) is 13.8 Å². The fourth-order valence-corrected chi connectivity index (χ4v) is 2.03. The lowest BCUT2D eigenvalue weighted by Crippen LogP contribution is -2.25. The minimum Gasteiger partial charge on any atom is -0.456 e. The highest BCUT2D eigenvalue weighted by molar-refractivity contribution is 5.95. The molecule has 0 spiro atoms. The van der Waals surface area contributed by atoms with E-state index < -0.39 is 17.7 Å². The zero-order chi connectivity index (χ0) is 16.4. The molecule has 0 aliphatic heterocycles. The third-order valence-corrected chi connectivity index (χ3v) is 3.04. The summed E-state index contributed by atoms with van der Waals surface area (Å²) in [5.41, 5.74) is 7.14. The Balaban J connectivity index is 3.08. The van der Waals surface area contributed by atoms with Crippen LogP contribution in [0.2, 0.25) is 0 Å². The Labute approximate surface area is 126 Å². The molecule has 1 aromatic rings. The molecule has 0 bridgehead atoms. The Morgan fingerprint density at radius 1 is 1.43 bits per heavy atom. The van der Waals surface area contributed by atoms with Gasteiger partial charge < -0.3 is 15.6 Å². The number of carbonyl (C=O) groups excluding carboxylic acids is 1. The average molecular weight is 294 g/mol. The van der Waals surface area contributed by atoms with Crippen molar-refractivity contribution in [3.63, 3.8) is 0 Å². The molecule has 21 heavy (non-hydrogen) atoms. The lowest BCUT2D eigenvalue weighted by atomic mass is 9.98. The number of hydrogen-bond acceptors (Lipinski definition) is 5. The Morgan fingerprint density at radius 2 is 2.00 bits per heavy atom. The molecular weight excluding hydrogens is 268 g/mol. The van der Waals surface area contributed by atoms with E-state index in [1.54, 1.807) is 27.7 Å². The molecular formula is C16H26N2O3. The van der Waals surface area contributed by atoms with Crippen LogP contribution in [0.25, 0.3) is 0 Å². The van der Waals surface area contributed by atoms with Crippen LogP contribution in [-0.2, 0) is 4.74 Å². The first-order valence-corrected chi connectivity index (χ1v) is 7.19. The minimum absolute atomic E-state index is 0.239. The van der Waals surface area contributed by atoms with Gasteiger partial charge in [0.1, 0.15) is 11.2 Å². The quantitative estimate of drug-likeness (QED) is 0.834. The van der Waals surface area contributed by atoms with Gasteiger partial charge in [-0.2, -0.15) is 0 Å². The van der Waals surface area contributed by atoms with Gasteiger partial charge in [-0.3, -0.25) is 4.98 Å². The highest BCUT2D eigenvalue weighted by atomic mass is 16.6. The number of nitrogens with two attached hydrogens (primary N) is 1. The largest absolute Gasteiger partial charge is 0.456 e. The van der Waals surface area contributed by atoms with Crippen LogP contribution >= 0.6 is 0 Å². The van der Waals surface area contributed by atoms with E-state index in [-0.39, 0.29) is 5.56 Å². The SMILES string of the molecule is Cc1c(C(O)CC(C)C)ncc(C(=O)OC(C)(C)C)c1N. The van der Waals surface area contributed by atoms with E-state index in [0.29, 0.717) is 29.3 Å². The summed E-state index contributed by atoms with van der Waals surface area (Å²) >= 11 is 0. The maximum Gasteiger partial charge on any atom is 0.342 e. The standard InChI is InChI=1S/C16H26N2O3/c1-9(2)7-12(19)14-10(3)13(17)11(8-18-14)15(20)21-16(4,5)6/h8-9,12,19H,7H2,1-6H3,(H2,17,18). The van der Waals surface area contributed by atoms with Gasteiger partial charge in [0.2, 0.25) is 0 Å². The number of esters is 1. The number of aliphatic hydroxyl groups is 1. The molecule has 5 nitrogen and oxygen atoms in total. The van der Waals surface area contributed by atoms with Crippen molar-refractivity contribution < 1.29 is 14.6 Å². The summed E-state index contributed by atoms with van der Waals surface area (Å²) in [6.07, 6.45) is 1.30. The molecule has 118 valence electrons. The summed E-state index contributed by atoms with van der Waals surface area (Å²) < 4.78 is 5.30. The van der Waals surface area contributed by atoms with Gasteiger partial charge >= 0.3 is 5.97 Å². The molecule has 0 saturated heterocycles. The van der Waals surface area contributed by atoms with Crippen molar-refractivity contribution in [1.82, 2.24) is 4.98 Å². The van der Waals surface area contributed by atoms with E-state index in [2.05, 4.69) is 4.98 Å². The number of rotatable bonds is 4. The van der Waals surface area contributed by atoms with Crippen LogP contribution in [0.1, 0.15) is 68.8 Å². The van der Waals surface area contributed by atoms with Gasteiger partial charge in [0, 0.05) is 6.20 Å². The number of hydrogen-bond donors (Lipinski definition) is 2. The highest BCUT2D eigenvalue weighted by Gasteiger charge is 2.23. The predicted octanol–water partition coefficient (Wildman–Crippen LogP) is 3.01. The van der Waals surface area contributed by atoms with Crippen LogP contribution in [-0.4, -0.2) is 21.7 Å². The summed E-state index contributed by atoms with van der Waals surface area (Å²) in [6, 6.07) is 0. The predicted molar refractivity (Wildman–Crippen MR) is 83.0 cm³/mol. The van der Waals surface area contributed by atoms with Gasteiger partial charge in [-0.1, -0.05) is 13.8 Å². The molecule has 0 aliphatic carbocycles. The van der Waals surface area contributed by atoms with Crippen molar-refractivity contribution in [2.24, 2.45) is 5.92 Å². The Kier molecular flexibility index (Phi) is 5.34. The van der Waals surface area contributed by atoms with Gasteiger partial charge in [-0.15, -0.1) is 0 Å². The summed E-state index contributed by atoms with van der Waals surface area (Å²) in [6.45, 7) is 11.2. The molecule has 0 saturated carbocycles. The maximum absolute atomic E-state index is 12.1. The summed E-state index contributed by atoms with van der Waals surface area (Å²) in [5, 5.41) is 10.2. The molecule has 5 heteroatoms. The van der Waals surface area contributed by atoms with Crippen molar-refractivity contribution in [1.29, 1.82) is 0 Å². The van der Waals surface area contributed by atoms with Crippen LogP contribution in [0, 0.1) is 12.8 Å². The first-order valence-electron chi connectivity index (χ1n) is 7.19. The van der Waals surface area contributed by atoms with Crippen LogP contribution in [0.15, 0.2) is 6.20 Å². The van der Waals surface area contributed by atoms with E-state index >= 15 is 0 Å². The van der Waals surface area contributed by atoms with Gasteiger partial charge in [-0.05, 0) is 45.6 Å². The number of nitrogen functional groups attached to an aromatic ring is 1. The number of pyridine rings is 1. The van der Waals surface area contributed by atoms with Crippen molar-refractivity contribution in [3.05, 3.63) is 23.0 Å². The topological polar surface area (TPSA) is 85.4 Å². The summed E-state index contributed by atoms with van der Waals surface area (Å²) in [4.78, 5) is 16.3. The van der Waals surface area contributed by atoms with E-state index in [0.717, 1.165) is 0 Å². The second-order valence-electron chi connectivity index (χ2n) is 6.74. The monoisotopic (exact) mass is 294 g/mol. The normalized spacial score (nSPS) is 13.3. The van der Waals surface area contributed by atoms with E-state index in [9.17, 15) is 9.90 Å². The van der Waals surface area contributed by atoms with Crippen LogP contribution in [0.4, 0.5) is 5.69 Å². The number of aliphatic hydroxyl groups excluding tert-OH is 1. The Bertz CT molecular complexity index is 519. The Hall–Kier alpha value is -1.62. The lowest BCUT2D eigenvalue weighted by molar-refractivity contribution is 0.00699.